The zero-order valence-electron chi connectivity index (χ0n) is 11.7. The van der Waals surface area contributed by atoms with Gasteiger partial charge in [-0.2, -0.15) is 0 Å². The lowest BCUT2D eigenvalue weighted by atomic mass is 9.80. The van der Waals surface area contributed by atoms with Crippen LogP contribution in [0.1, 0.15) is 49.9 Å². The monoisotopic (exact) mass is 298 g/mol. The van der Waals surface area contributed by atoms with Crippen molar-refractivity contribution in [2.24, 2.45) is 0 Å². The van der Waals surface area contributed by atoms with Crippen molar-refractivity contribution in [2.45, 2.75) is 63.2 Å². The number of hydrogen-bond donors (Lipinski definition) is 1. The fraction of sp³-hybridized carbons (Fsp3) is 0.733. The van der Waals surface area contributed by atoms with Crippen molar-refractivity contribution < 1.29 is 0 Å². The van der Waals surface area contributed by atoms with Crippen LogP contribution in [0.3, 0.4) is 0 Å². The Bertz CT molecular complexity index is 420. The van der Waals surface area contributed by atoms with E-state index >= 15 is 0 Å². The van der Waals surface area contributed by atoms with Gasteiger partial charge < -0.3 is 5.32 Å². The van der Waals surface area contributed by atoms with Crippen molar-refractivity contribution in [3.8, 4) is 0 Å². The minimum atomic E-state index is 0.519. The molecule has 19 heavy (non-hydrogen) atoms. The quantitative estimate of drug-likeness (QED) is 0.905. The van der Waals surface area contributed by atoms with Gasteiger partial charge in [0.05, 0.1) is 4.34 Å². The maximum atomic E-state index is 6.10. The minimum absolute atomic E-state index is 0.519. The Morgan fingerprint density at radius 2 is 2.00 bits per heavy atom. The first-order valence-corrected chi connectivity index (χ1v) is 8.58. The summed E-state index contributed by atoms with van der Waals surface area (Å²) in [7, 11) is 2.11. The normalized spacial score (nSPS) is 33.3. The minimum Gasteiger partial charge on any atom is -0.317 e. The van der Waals surface area contributed by atoms with Crippen molar-refractivity contribution in [3.63, 3.8) is 0 Å². The van der Waals surface area contributed by atoms with E-state index in [2.05, 4.69) is 30.3 Å². The number of fused-ring (bicyclic) bond motifs is 2. The SMILES string of the molecule is CNC1CC2CCCC(C1)N2C(C)c1ccc(Cl)s1. The molecule has 2 bridgehead atoms. The van der Waals surface area contributed by atoms with Gasteiger partial charge in [-0.15, -0.1) is 11.3 Å². The van der Waals surface area contributed by atoms with Crippen LogP contribution in [-0.2, 0) is 0 Å². The average molecular weight is 299 g/mol. The Morgan fingerprint density at radius 3 is 2.53 bits per heavy atom. The van der Waals surface area contributed by atoms with Crippen LogP contribution in [0.15, 0.2) is 12.1 Å². The molecule has 1 aromatic heterocycles. The summed E-state index contributed by atoms with van der Waals surface area (Å²) < 4.78 is 0.914. The number of piperidine rings is 2. The molecule has 0 radical (unpaired) electrons. The Kier molecular flexibility index (Phi) is 4.18. The van der Waals surface area contributed by atoms with E-state index in [1.165, 1.54) is 37.0 Å². The van der Waals surface area contributed by atoms with Crippen LogP contribution < -0.4 is 5.32 Å². The standard InChI is InChI=1S/C15H23ClN2S/c1-10(14-6-7-15(16)19-14)18-12-4-3-5-13(18)9-11(8-12)17-2/h6-7,10-13,17H,3-5,8-9H2,1-2H3. The van der Waals surface area contributed by atoms with E-state index in [9.17, 15) is 0 Å². The molecule has 2 nitrogen and oxygen atoms in total. The molecule has 3 unspecified atom stereocenters. The van der Waals surface area contributed by atoms with Crippen LogP contribution in [0, 0.1) is 0 Å². The highest BCUT2D eigenvalue weighted by atomic mass is 35.5. The van der Waals surface area contributed by atoms with Gasteiger partial charge in [-0.25, -0.2) is 0 Å². The van der Waals surface area contributed by atoms with Crippen LogP contribution in [-0.4, -0.2) is 30.1 Å². The summed E-state index contributed by atoms with van der Waals surface area (Å²) in [5.74, 6) is 0. The van der Waals surface area contributed by atoms with Crippen LogP contribution in [0.2, 0.25) is 4.34 Å². The highest BCUT2D eigenvalue weighted by Gasteiger charge is 2.40. The Morgan fingerprint density at radius 1 is 1.32 bits per heavy atom. The third-order valence-electron chi connectivity index (χ3n) is 4.89. The second-order valence-corrected chi connectivity index (χ2v) is 7.71. The van der Waals surface area contributed by atoms with Crippen molar-refractivity contribution in [1.82, 2.24) is 10.2 Å². The van der Waals surface area contributed by atoms with E-state index in [-0.39, 0.29) is 0 Å². The maximum Gasteiger partial charge on any atom is 0.0931 e. The summed E-state index contributed by atoms with van der Waals surface area (Å²) in [6.45, 7) is 2.35. The topological polar surface area (TPSA) is 15.3 Å². The first kappa shape index (κ1) is 13.9. The molecule has 0 saturated carbocycles. The summed E-state index contributed by atoms with van der Waals surface area (Å²) in [4.78, 5) is 4.20. The van der Waals surface area contributed by atoms with E-state index in [1.807, 2.05) is 6.07 Å². The molecule has 4 heteroatoms. The summed E-state index contributed by atoms with van der Waals surface area (Å²) in [5.41, 5.74) is 0. The zero-order valence-corrected chi connectivity index (χ0v) is 13.3. The molecule has 2 saturated heterocycles. The number of thiophene rings is 1. The highest BCUT2D eigenvalue weighted by Crippen LogP contribution is 2.41. The van der Waals surface area contributed by atoms with Gasteiger partial charge in [0.25, 0.3) is 0 Å². The molecule has 3 atom stereocenters. The van der Waals surface area contributed by atoms with Gasteiger partial charge in [0.1, 0.15) is 0 Å². The lowest BCUT2D eigenvalue weighted by molar-refractivity contribution is -0.00409. The average Bonchev–Trinajstić information content (AvgIpc) is 2.83. The molecule has 1 N–H and O–H groups in total. The first-order chi connectivity index (χ1) is 9.19. The first-order valence-electron chi connectivity index (χ1n) is 7.39. The van der Waals surface area contributed by atoms with Crippen molar-refractivity contribution in [2.75, 3.05) is 7.05 Å². The predicted molar refractivity (Wildman–Crippen MR) is 83.1 cm³/mol. The summed E-state index contributed by atoms with van der Waals surface area (Å²) in [6, 6.07) is 6.98. The molecule has 0 spiro atoms. The van der Waals surface area contributed by atoms with Gasteiger partial charge in [-0.1, -0.05) is 18.0 Å². The van der Waals surface area contributed by atoms with E-state index in [4.69, 9.17) is 11.6 Å². The molecule has 0 aliphatic carbocycles. The van der Waals surface area contributed by atoms with Crippen molar-refractivity contribution >= 4 is 22.9 Å². The lowest BCUT2D eigenvalue weighted by Crippen LogP contribution is -2.56. The Labute approximate surface area is 125 Å². The van der Waals surface area contributed by atoms with Gasteiger partial charge in [0.15, 0.2) is 0 Å². The molecule has 106 valence electrons. The second-order valence-electron chi connectivity index (χ2n) is 5.96. The summed E-state index contributed by atoms with van der Waals surface area (Å²) >= 11 is 7.84. The molecular formula is C15H23ClN2S. The van der Waals surface area contributed by atoms with Gasteiger partial charge in [0, 0.05) is 29.0 Å². The second kappa shape index (κ2) is 5.72. The number of rotatable bonds is 3. The van der Waals surface area contributed by atoms with Gasteiger partial charge in [-0.3, -0.25) is 4.90 Å². The van der Waals surface area contributed by atoms with E-state index in [0.717, 1.165) is 16.4 Å². The lowest BCUT2D eigenvalue weighted by Gasteiger charge is -2.51. The van der Waals surface area contributed by atoms with E-state index in [0.29, 0.717) is 12.1 Å². The van der Waals surface area contributed by atoms with E-state index in [1.54, 1.807) is 11.3 Å². The van der Waals surface area contributed by atoms with Gasteiger partial charge >= 0.3 is 0 Å². The largest absolute Gasteiger partial charge is 0.317 e. The van der Waals surface area contributed by atoms with Crippen LogP contribution in [0.25, 0.3) is 0 Å². The molecule has 0 aromatic carbocycles. The molecule has 3 rings (SSSR count). The number of nitrogens with one attached hydrogen (secondary N) is 1. The number of hydrogen-bond acceptors (Lipinski definition) is 3. The molecular weight excluding hydrogens is 276 g/mol. The van der Waals surface area contributed by atoms with Crippen LogP contribution in [0.5, 0.6) is 0 Å². The van der Waals surface area contributed by atoms with E-state index < -0.39 is 0 Å². The van der Waals surface area contributed by atoms with Gasteiger partial charge in [-0.05, 0) is 51.8 Å². The van der Waals surface area contributed by atoms with Gasteiger partial charge in [0.2, 0.25) is 0 Å². The Hall–Kier alpha value is -0.0900. The third-order valence-corrected chi connectivity index (χ3v) is 6.29. The van der Waals surface area contributed by atoms with Crippen LogP contribution in [0.4, 0.5) is 0 Å². The third kappa shape index (κ3) is 2.71. The number of nitrogens with zero attached hydrogens (tertiary/aromatic N) is 1. The summed E-state index contributed by atoms with van der Waals surface area (Å²) in [5, 5.41) is 3.49. The number of halogens is 1. The fourth-order valence-electron chi connectivity index (χ4n) is 3.99. The predicted octanol–water partition coefficient (Wildman–Crippen LogP) is 4.07. The summed E-state index contributed by atoms with van der Waals surface area (Å²) in [6.07, 6.45) is 6.73. The fourth-order valence-corrected chi connectivity index (χ4v) is 5.11. The Balaban J connectivity index is 1.80. The molecule has 3 heterocycles. The molecule has 0 amide bonds. The maximum absolute atomic E-state index is 6.10. The van der Waals surface area contributed by atoms with Crippen LogP contribution >= 0.6 is 22.9 Å². The van der Waals surface area contributed by atoms with Crippen molar-refractivity contribution in [3.05, 3.63) is 21.3 Å². The molecule has 2 aliphatic rings. The smallest absolute Gasteiger partial charge is 0.0931 e. The molecule has 2 aliphatic heterocycles. The zero-order chi connectivity index (χ0) is 13.4. The highest BCUT2D eigenvalue weighted by molar-refractivity contribution is 7.16. The molecule has 1 aromatic rings. The molecule has 2 fully saturated rings. The van der Waals surface area contributed by atoms with Crippen molar-refractivity contribution in [1.29, 1.82) is 0 Å².